The fourth-order valence-corrected chi connectivity index (χ4v) is 9.25. The number of anilines is 1. The van der Waals surface area contributed by atoms with Crippen molar-refractivity contribution in [2.24, 2.45) is 0 Å². The largest absolute Gasteiger partial charge is 0.383 e. The fraction of sp³-hybridized carbons (Fsp3) is 0.682. The van der Waals surface area contributed by atoms with Crippen LogP contribution in [0.2, 0.25) is 0 Å². The number of aromatic nitrogens is 2. The van der Waals surface area contributed by atoms with E-state index >= 15 is 0 Å². The molecule has 1 saturated carbocycles. The van der Waals surface area contributed by atoms with Gasteiger partial charge in [0.05, 0.1) is 22.6 Å². The van der Waals surface area contributed by atoms with Gasteiger partial charge in [-0.3, -0.25) is 4.79 Å². The Kier molecular flexibility index (Phi) is 6.37. The lowest BCUT2D eigenvalue weighted by atomic mass is 9.93. The van der Waals surface area contributed by atoms with E-state index in [-0.39, 0.29) is 35.2 Å². The quantitative estimate of drug-likeness (QED) is 0.500. The van der Waals surface area contributed by atoms with Gasteiger partial charge in [-0.1, -0.05) is 31.0 Å². The van der Waals surface area contributed by atoms with E-state index in [1.54, 1.807) is 11.3 Å². The number of fused-ring (bicyclic) bond motifs is 3. The van der Waals surface area contributed by atoms with E-state index in [4.69, 9.17) is 10.7 Å². The van der Waals surface area contributed by atoms with E-state index < -0.39 is 9.84 Å². The number of nitrogens with zero attached hydrogens (tertiary/aromatic N) is 3. The minimum atomic E-state index is -3.05. The highest BCUT2D eigenvalue weighted by molar-refractivity contribution is 7.99. The Hall–Kier alpha value is -1.39. The van der Waals surface area contributed by atoms with Crippen molar-refractivity contribution in [1.82, 2.24) is 14.9 Å². The zero-order valence-corrected chi connectivity index (χ0v) is 20.7. The summed E-state index contributed by atoms with van der Waals surface area (Å²) in [6.07, 6.45) is 10.4. The molecule has 2 aliphatic carbocycles. The first-order valence-electron chi connectivity index (χ1n) is 11.6. The third kappa shape index (κ3) is 4.50. The van der Waals surface area contributed by atoms with Crippen LogP contribution in [0.4, 0.5) is 5.82 Å². The number of amides is 1. The van der Waals surface area contributed by atoms with Crippen LogP contribution in [0.15, 0.2) is 5.16 Å². The van der Waals surface area contributed by atoms with Crippen molar-refractivity contribution in [3.05, 3.63) is 10.4 Å². The first kappa shape index (κ1) is 22.4. The predicted molar refractivity (Wildman–Crippen MR) is 130 cm³/mol. The van der Waals surface area contributed by atoms with E-state index in [9.17, 15) is 13.2 Å². The Morgan fingerprint density at radius 2 is 1.84 bits per heavy atom. The van der Waals surface area contributed by atoms with Gasteiger partial charge in [0.1, 0.15) is 10.6 Å². The second-order valence-corrected chi connectivity index (χ2v) is 13.5. The van der Waals surface area contributed by atoms with Crippen molar-refractivity contribution in [2.45, 2.75) is 81.4 Å². The van der Waals surface area contributed by atoms with E-state index in [0.29, 0.717) is 17.4 Å². The highest BCUT2D eigenvalue weighted by Crippen LogP contribution is 2.38. The molecule has 0 aromatic carbocycles. The fourth-order valence-electron chi connectivity index (χ4n) is 5.49. The monoisotopic (exact) mass is 494 g/mol. The van der Waals surface area contributed by atoms with Crippen LogP contribution in [0.1, 0.15) is 61.8 Å². The number of thioether (sulfide) groups is 1. The van der Waals surface area contributed by atoms with Gasteiger partial charge in [0.25, 0.3) is 0 Å². The molecule has 1 amide bonds. The van der Waals surface area contributed by atoms with Gasteiger partial charge < -0.3 is 10.6 Å². The number of nitrogens with two attached hydrogens (primary N) is 1. The number of rotatable bonds is 5. The summed E-state index contributed by atoms with van der Waals surface area (Å²) in [6.45, 7) is 0. The molecule has 32 heavy (non-hydrogen) atoms. The summed E-state index contributed by atoms with van der Waals surface area (Å²) in [5.41, 5.74) is 7.63. The van der Waals surface area contributed by atoms with Gasteiger partial charge in [0.2, 0.25) is 5.91 Å². The lowest BCUT2D eigenvalue weighted by molar-refractivity contribution is -0.133. The Morgan fingerprint density at radius 3 is 2.59 bits per heavy atom. The van der Waals surface area contributed by atoms with Crippen LogP contribution in [-0.4, -0.2) is 58.5 Å². The summed E-state index contributed by atoms with van der Waals surface area (Å²) in [7, 11) is -3.05. The van der Waals surface area contributed by atoms with Gasteiger partial charge in [-0.25, -0.2) is 18.4 Å². The number of hydrogen-bond acceptors (Lipinski definition) is 8. The maximum absolute atomic E-state index is 13.3. The van der Waals surface area contributed by atoms with Crippen molar-refractivity contribution in [3.63, 3.8) is 0 Å². The van der Waals surface area contributed by atoms with Crippen molar-refractivity contribution in [2.75, 3.05) is 23.0 Å². The summed E-state index contributed by atoms with van der Waals surface area (Å²) >= 11 is 3.02. The van der Waals surface area contributed by atoms with E-state index in [0.717, 1.165) is 48.7 Å². The Morgan fingerprint density at radius 1 is 1.06 bits per heavy atom. The second kappa shape index (κ2) is 9.10. The number of nitrogen functional groups attached to an aromatic ring is 1. The molecule has 5 rings (SSSR count). The Labute approximate surface area is 197 Å². The molecule has 1 saturated heterocycles. The predicted octanol–water partition coefficient (Wildman–Crippen LogP) is 3.59. The molecular formula is C22H30N4O3S3. The Balaban J connectivity index is 1.34. The molecule has 1 unspecified atom stereocenters. The average Bonchev–Trinajstić information content (AvgIpc) is 3.33. The molecule has 1 aliphatic heterocycles. The number of hydrogen-bond donors (Lipinski definition) is 1. The van der Waals surface area contributed by atoms with Gasteiger partial charge in [0.15, 0.2) is 15.0 Å². The zero-order valence-electron chi connectivity index (χ0n) is 18.2. The summed E-state index contributed by atoms with van der Waals surface area (Å²) in [5, 5.41) is 1.53. The van der Waals surface area contributed by atoms with Crippen molar-refractivity contribution in [1.29, 1.82) is 0 Å². The van der Waals surface area contributed by atoms with E-state index in [1.807, 2.05) is 4.90 Å². The smallest absolute Gasteiger partial charge is 0.233 e. The van der Waals surface area contributed by atoms with Crippen LogP contribution in [0.5, 0.6) is 0 Å². The highest BCUT2D eigenvalue weighted by atomic mass is 32.2. The average molecular weight is 495 g/mol. The minimum Gasteiger partial charge on any atom is -0.383 e. The summed E-state index contributed by atoms with van der Waals surface area (Å²) < 4.78 is 24.2. The Bertz CT molecular complexity index is 1130. The van der Waals surface area contributed by atoms with Crippen molar-refractivity contribution >= 4 is 54.9 Å². The molecule has 7 nitrogen and oxygen atoms in total. The molecular weight excluding hydrogens is 464 g/mol. The van der Waals surface area contributed by atoms with Crippen molar-refractivity contribution < 1.29 is 13.2 Å². The normalized spacial score (nSPS) is 23.3. The third-order valence-corrected chi connectivity index (χ3v) is 10.8. The molecule has 2 N–H and O–H groups in total. The van der Waals surface area contributed by atoms with Crippen LogP contribution in [0.3, 0.4) is 0 Å². The van der Waals surface area contributed by atoms with Crippen LogP contribution < -0.4 is 5.73 Å². The van der Waals surface area contributed by atoms with E-state index in [1.165, 1.54) is 41.5 Å². The van der Waals surface area contributed by atoms with Crippen LogP contribution in [0.25, 0.3) is 10.2 Å². The second-order valence-electron chi connectivity index (χ2n) is 9.22. The summed E-state index contributed by atoms with van der Waals surface area (Å²) in [6, 6.07) is -0.0543. The molecule has 0 radical (unpaired) electrons. The highest BCUT2D eigenvalue weighted by Gasteiger charge is 2.38. The summed E-state index contributed by atoms with van der Waals surface area (Å²) in [4.78, 5) is 26.8. The molecule has 2 aromatic rings. The third-order valence-electron chi connectivity index (χ3n) is 7.00. The first-order valence-corrected chi connectivity index (χ1v) is 15.3. The first-order chi connectivity index (χ1) is 15.4. The molecule has 3 heterocycles. The van der Waals surface area contributed by atoms with E-state index in [2.05, 4.69) is 4.98 Å². The maximum Gasteiger partial charge on any atom is 0.233 e. The molecule has 174 valence electrons. The van der Waals surface area contributed by atoms with Crippen LogP contribution in [-0.2, 0) is 27.5 Å². The van der Waals surface area contributed by atoms with Gasteiger partial charge in [-0.15, -0.1) is 11.3 Å². The molecule has 2 fully saturated rings. The standard InChI is InChI=1S/C22H30N4O3S3/c23-20-19-16-8-4-5-9-17(16)31-21(19)25-22(24-20)30-12-18(27)26(14-6-2-1-3-7-14)15-10-11-32(28,29)13-15/h14-15H,1-13H2,(H2,23,24,25). The molecule has 0 spiro atoms. The molecule has 1 atom stereocenters. The molecule has 0 bridgehead atoms. The number of aryl methyl sites for hydroxylation is 2. The van der Waals surface area contributed by atoms with Gasteiger partial charge >= 0.3 is 0 Å². The SMILES string of the molecule is Nc1nc(SCC(=O)N(C2CCCCC2)C2CCS(=O)(=O)C2)nc2sc3c(c12)CCCC3. The van der Waals surface area contributed by atoms with Crippen LogP contribution in [0, 0.1) is 0 Å². The number of carbonyl (C=O) groups is 1. The van der Waals surface area contributed by atoms with Gasteiger partial charge in [0, 0.05) is 17.0 Å². The molecule has 2 aromatic heterocycles. The zero-order chi connectivity index (χ0) is 22.3. The minimum absolute atomic E-state index is 0.00302. The summed E-state index contributed by atoms with van der Waals surface area (Å²) in [5.74, 6) is 0.993. The number of sulfone groups is 1. The molecule has 10 heteroatoms. The maximum atomic E-state index is 13.3. The van der Waals surface area contributed by atoms with Gasteiger partial charge in [-0.2, -0.15) is 0 Å². The topological polar surface area (TPSA) is 106 Å². The van der Waals surface area contributed by atoms with Crippen molar-refractivity contribution in [3.8, 4) is 0 Å². The lowest BCUT2D eigenvalue weighted by Crippen LogP contribution is -2.49. The number of carbonyl (C=O) groups excluding carboxylic acids is 1. The number of thiophene rings is 1. The molecule has 3 aliphatic rings. The van der Waals surface area contributed by atoms with Gasteiger partial charge in [-0.05, 0) is 50.5 Å². The van der Waals surface area contributed by atoms with Crippen LogP contribution >= 0.6 is 23.1 Å². The lowest BCUT2D eigenvalue weighted by Gasteiger charge is -2.38.